The standard InChI is InChI=1S/C13H9ClF2N4O/c14-9-3-1-2-8(6-9)7-11-18-19-12(21-11)10-4-5-17-20(10)13(15)16/h1-6,13H,7H2. The lowest BCUT2D eigenvalue weighted by molar-refractivity contribution is 0.0580. The Morgan fingerprint density at radius 3 is 2.86 bits per heavy atom. The molecule has 0 unspecified atom stereocenters. The molecule has 0 N–H and O–H groups in total. The van der Waals surface area contributed by atoms with Crippen LogP contribution >= 0.6 is 11.6 Å². The topological polar surface area (TPSA) is 56.7 Å². The summed E-state index contributed by atoms with van der Waals surface area (Å²) >= 11 is 5.89. The summed E-state index contributed by atoms with van der Waals surface area (Å²) in [6.45, 7) is -2.77. The van der Waals surface area contributed by atoms with Crippen LogP contribution in [0.5, 0.6) is 0 Å². The van der Waals surface area contributed by atoms with Crippen molar-refractivity contribution >= 4 is 11.6 Å². The van der Waals surface area contributed by atoms with Crippen LogP contribution in [0.15, 0.2) is 40.9 Å². The zero-order chi connectivity index (χ0) is 14.8. The van der Waals surface area contributed by atoms with Crippen LogP contribution < -0.4 is 0 Å². The van der Waals surface area contributed by atoms with E-state index in [4.69, 9.17) is 16.0 Å². The van der Waals surface area contributed by atoms with Gasteiger partial charge in [0.15, 0.2) is 0 Å². The fourth-order valence-corrected chi connectivity index (χ4v) is 2.10. The highest BCUT2D eigenvalue weighted by Gasteiger charge is 2.18. The third kappa shape index (κ3) is 2.92. The number of nitrogens with zero attached hydrogens (tertiary/aromatic N) is 4. The lowest BCUT2D eigenvalue weighted by Crippen LogP contribution is -2.02. The van der Waals surface area contributed by atoms with Gasteiger partial charge in [0.05, 0.1) is 6.42 Å². The molecule has 8 heteroatoms. The molecule has 0 bridgehead atoms. The van der Waals surface area contributed by atoms with E-state index in [0.717, 1.165) is 5.56 Å². The Kier molecular flexibility index (Phi) is 3.66. The highest BCUT2D eigenvalue weighted by Crippen LogP contribution is 2.23. The molecule has 0 saturated carbocycles. The Balaban J connectivity index is 1.85. The molecule has 5 nitrogen and oxygen atoms in total. The van der Waals surface area contributed by atoms with Crippen LogP contribution in [-0.2, 0) is 6.42 Å². The molecule has 0 saturated heterocycles. The Morgan fingerprint density at radius 2 is 2.10 bits per heavy atom. The maximum Gasteiger partial charge on any atom is 0.333 e. The van der Waals surface area contributed by atoms with Crippen molar-refractivity contribution in [2.45, 2.75) is 13.0 Å². The van der Waals surface area contributed by atoms with E-state index in [0.29, 0.717) is 22.0 Å². The fraction of sp³-hybridized carbons (Fsp3) is 0.154. The molecule has 2 aromatic heterocycles. The number of hydrogen-bond acceptors (Lipinski definition) is 4. The molecular formula is C13H9ClF2N4O. The maximum atomic E-state index is 12.7. The molecular weight excluding hydrogens is 302 g/mol. The third-order valence-electron chi connectivity index (χ3n) is 2.79. The Hall–Kier alpha value is -2.28. The van der Waals surface area contributed by atoms with Crippen LogP contribution in [0.4, 0.5) is 8.78 Å². The predicted octanol–water partition coefficient (Wildman–Crippen LogP) is 3.57. The van der Waals surface area contributed by atoms with E-state index in [1.165, 1.54) is 12.3 Å². The van der Waals surface area contributed by atoms with Crippen LogP contribution in [0.3, 0.4) is 0 Å². The minimum atomic E-state index is -2.77. The molecule has 0 atom stereocenters. The zero-order valence-electron chi connectivity index (χ0n) is 10.6. The Labute approximate surface area is 123 Å². The van der Waals surface area contributed by atoms with E-state index in [-0.39, 0.29) is 11.6 Å². The molecule has 0 spiro atoms. The van der Waals surface area contributed by atoms with E-state index in [1.54, 1.807) is 18.2 Å². The molecule has 0 fully saturated rings. The van der Waals surface area contributed by atoms with Gasteiger partial charge in [-0.3, -0.25) is 0 Å². The van der Waals surface area contributed by atoms with Gasteiger partial charge in [0.1, 0.15) is 5.69 Å². The average molecular weight is 311 g/mol. The van der Waals surface area contributed by atoms with Crippen molar-refractivity contribution < 1.29 is 13.2 Å². The molecule has 21 heavy (non-hydrogen) atoms. The van der Waals surface area contributed by atoms with E-state index >= 15 is 0 Å². The van der Waals surface area contributed by atoms with Crippen molar-refractivity contribution in [2.24, 2.45) is 0 Å². The molecule has 0 aliphatic rings. The summed E-state index contributed by atoms with van der Waals surface area (Å²) in [5.74, 6) is 0.319. The number of benzene rings is 1. The van der Waals surface area contributed by atoms with Crippen molar-refractivity contribution in [2.75, 3.05) is 0 Å². The molecule has 0 aliphatic heterocycles. The summed E-state index contributed by atoms with van der Waals surface area (Å²) in [7, 11) is 0. The minimum Gasteiger partial charge on any atom is -0.419 e. The number of hydrogen-bond donors (Lipinski definition) is 0. The van der Waals surface area contributed by atoms with Crippen molar-refractivity contribution in [3.8, 4) is 11.6 Å². The van der Waals surface area contributed by atoms with Crippen molar-refractivity contribution in [1.29, 1.82) is 0 Å². The molecule has 1 aromatic carbocycles. The SMILES string of the molecule is FC(F)n1nccc1-c1nnc(Cc2cccc(Cl)c2)o1. The number of aromatic nitrogens is 4. The molecule has 2 heterocycles. The molecule has 0 radical (unpaired) electrons. The Bertz CT molecular complexity index is 756. The van der Waals surface area contributed by atoms with Gasteiger partial charge in [-0.2, -0.15) is 18.6 Å². The van der Waals surface area contributed by atoms with Crippen LogP contribution in [-0.4, -0.2) is 20.0 Å². The van der Waals surface area contributed by atoms with E-state index in [9.17, 15) is 8.78 Å². The van der Waals surface area contributed by atoms with Gasteiger partial charge >= 0.3 is 6.55 Å². The first-order valence-corrected chi connectivity index (χ1v) is 6.40. The number of alkyl halides is 2. The second kappa shape index (κ2) is 5.61. The first kappa shape index (κ1) is 13.7. The quantitative estimate of drug-likeness (QED) is 0.739. The van der Waals surface area contributed by atoms with Gasteiger partial charge in [0.25, 0.3) is 5.89 Å². The normalized spacial score (nSPS) is 11.2. The van der Waals surface area contributed by atoms with E-state index < -0.39 is 6.55 Å². The summed E-state index contributed by atoms with van der Waals surface area (Å²) in [6.07, 6.45) is 1.62. The largest absolute Gasteiger partial charge is 0.419 e. The van der Waals surface area contributed by atoms with E-state index in [1.807, 2.05) is 6.07 Å². The highest BCUT2D eigenvalue weighted by molar-refractivity contribution is 6.30. The van der Waals surface area contributed by atoms with Crippen LogP contribution in [0.2, 0.25) is 5.02 Å². The summed E-state index contributed by atoms with van der Waals surface area (Å²) in [5, 5.41) is 11.7. The molecule has 0 aliphatic carbocycles. The summed E-state index contributed by atoms with van der Waals surface area (Å²) in [5.41, 5.74) is 0.968. The highest BCUT2D eigenvalue weighted by atomic mass is 35.5. The second-order valence-electron chi connectivity index (χ2n) is 4.25. The third-order valence-corrected chi connectivity index (χ3v) is 3.02. The van der Waals surface area contributed by atoms with Crippen molar-refractivity contribution in [3.63, 3.8) is 0 Å². The number of halogens is 3. The van der Waals surface area contributed by atoms with Gasteiger partial charge in [0.2, 0.25) is 5.89 Å². The molecule has 0 amide bonds. The van der Waals surface area contributed by atoms with Gasteiger partial charge in [-0.05, 0) is 23.8 Å². The monoisotopic (exact) mass is 310 g/mol. The first-order valence-electron chi connectivity index (χ1n) is 6.02. The van der Waals surface area contributed by atoms with E-state index in [2.05, 4.69) is 15.3 Å². The van der Waals surface area contributed by atoms with Gasteiger partial charge in [0, 0.05) is 11.2 Å². The second-order valence-corrected chi connectivity index (χ2v) is 4.68. The number of rotatable bonds is 4. The average Bonchev–Trinajstić information content (AvgIpc) is 3.06. The lowest BCUT2D eigenvalue weighted by atomic mass is 10.1. The summed E-state index contributed by atoms with van der Waals surface area (Å²) in [4.78, 5) is 0. The van der Waals surface area contributed by atoms with Gasteiger partial charge in [-0.25, -0.2) is 0 Å². The maximum absolute atomic E-state index is 12.7. The van der Waals surface area contributed by atoms with Crippen LogP contribution in [0.25, 0.3) is 11.6 Å². The zero-order valence-corrected chi connectivity index (χ0v) is 11.3. The first-order chi connectivity index (χ1) is 10.1. The summed E-state index contributed by atoms with van der Waals surface area (Å²) in [6, 6.07) is 8.59. The predicted molar refractivity (Wildman–Crippen MR) is 71.0 cm³/mol. The molecule has 3 rings (SSSR count). The lowest BCUT2D eigenvalue weighted by Gasteiger charge is -2.01. The molecule has 108 valence electrons. The van der Waals surface area contributed by atoms with Crippen molar-refractivity contribution in [3.05, 3.63) is 53.0 Å². The van der Waals surface area contributed by atoms with Crippen molar-refractivity contribution in [1.82, 2.24) is 20.0 Å². The van der Waals surface area contributed by atoms with Gasteiger partial charge in [-0.15, -0.1) is 10.2 Å². The Morgan fingerprint density at radius 1 is 1.24 bits per heavy atom. The van der Waals surface area contributed by atoms with Crippen LogP contribution in [0, 0.1) is 0 Å². The van der Waals surface area contributed by atoms with Crippen LogP contribution in [0.1, 0.15) is 18.0 Å². The van der Waals surface area contributed by atoms with Gasteiger partial charge < -0.3 is 4.42 Å². The minimum absolute atomic E-state index is 0.00447. The summed E-state index contributed by atoms with van der Waals surface area (Å²) < 4.78 is 31.4. The molecule has 3 aromatic rings. The fourth-order valence-electron chi connectivity index (χ4n) is 1.89. The van der Waals surface area contributed by atoms with Gasteiger partial charge in [-0.1, -0.05) is 23.7 Å². The smallest absolute Gasteiger partial charge is 0.333 e.